The number of carbonyl (C=O) groups is 2. The van der Waals surface area contributed by atoms with Crippen LogP contribution in [0.5, 0.6) is 23.0 Å². The third-order valence-electron chi connectivity index (χ3n) is 6.73. The summed E-state index contributed by atoms with van der Waals surface area (Å²) in [4.78, 5) is 28.5. The lowest BCUT2D eigenvalue weighted by molar-refractivity contribution is -0.132. The monoisotopic (exact) mass is 551 g/mol. The lowest BCUT2D eigenvalue weighted by Crippen LogP contribution is -2.29. The second-order valence-corrected chi connectivity index (χ2v) is 9.62. The molecule has 1 saturated heterocycles. The predicted octanol–water partition coefficient (Wildman–Crippen LogP) is 6.12. The van der Waals surface area contributed by atoms with Crippen LogP contribution in [0, 0.1) is 0 Å². The molecule has 0 saturated carbocycles. The maximum absolute atomic E-state index is 13.6. The van der Waals surface area contributed by atoms with Gasteiger partial charge in [-0.15, -0.1) is 0 Å². The quantitative estimate of drug-likeness (QED) is 0.204. The molecule has 8 nitrogen and oxygen atoms in total. The van der Waals surface area contributed by atoms with E-state index >= 15 is 0 Å². The van der Waals surface area contributed by atoms with Crippen molar-refractivity contribution >= 4 is 34.7 Å². The van der Waals surface area contributed by atoms with Crippen LogP contribution >= 0.6 is 11.6 Å². The molecule has 0 radical (unpaired) electrons. The van der Waals surface area contributed by atoms with Crippen molar-refractivity contribution in [1.29, 1.82) is 0 Å². The van der Waals surface area contributed by atoms with Crippen LogP contribution in [0.4, 0.5) is 5.69 Å². The molecule has 0 aromatic heterocycles. The normalized spacial score (nSPS) is 16.5. The maximum atomic E-state index is 13.6. The van der Waals surface area contributed by atoms with E-state index in [1.54, 1.807) is 30.3 Å². The van der Waals surface area contributed by atoms with E-state index in [1.165, 1.54) is 45.5 Å². The van der Waals surface area contributed by atoms with E-state index in [1.807, 2.05) is 12.1 Å². The molecule has 1 aliphatic heterocycles. The van der Waals surface area contributed by atoms with Crippen LogP contribution in [-0.4, -0.2) is 45.2 Å². The molecular weight excluding hydrogens is 522 g/mol. The van der Waals surface area contributed by atoms with Gasteiger partial charge in [-0.05, 0) is 47.4 Å². The smallest absolute Gasteiger partial charge is 0.300 e. The number of hydrogen-bond acceptors (Lipinski definition) is 7. The van der Waals surface area contributed by atoms with Gasteiger partial charge in [0, 0.05) is 11.8 Å². The van der Waals surface area contributed by atoms with Crippen LogP contribution in [0.1, 0.15) is 42.5 Å². The molecule has 204 valence electrons. The zero-order chi connectivity index (χ0) is 28.4. The Morgan fingerprint density at radius 3 is 2.00 bits per heavy atom. The van der Waals surface area contributed by atoms with Gasteiger partial charge in [-0.3, -0.25) is 14.5 Å². The van der Waals surface area contributed by atoms with E-state index in [0.717, 1.165) is 5.56 Å². The summed E-state index contributed by atoms with van der Waals surface area (Å²) >= 11 is 6.36. The van der Waals surface area contributed by atoms with E-state index in [9.17, 15) is 14.7 Å². The summed E-state index contributed by atoms with van der Waals surface area (Å²) in [5.41, 5.74) is 2.12. The number of anilines is 1. The Hall–Kier alpha value is -4.17. The minimum absolute atomic E-state index is 0.125. The lowest BCUT2D eigenvalue weighted by atomic mass is 9.94. The Morgan fingerprint density at radius 1 is 0.821 bits per heavy atom. The summed E-state index contributed by atoms with van der Waals surface area (Å²) in [6, 6.07) is 14.4. The summed E-state index contributed by atoms with van der Waals surface area (Å²) in [6.07, 6.45) is 0. The van der Waals surface area contributed by atoms with Gasteiger partial charge in [0.1, 0.15) is 17.3 Å². The molecular formula is C30H30ClNO7. The number of aliphatic hydroxyl groups is 1. The van der Waals surface area contributed by atoms with Crippen LogP contribution in [0.3, 0.4) is 0 Å². The largest absolute Gasteiger partial charge is 0.507 e. The Kier molecular flexibility index (Phi) is 8.06. The minimum Gasteiger partial charge on any atom is -0.507 e. The average molecular weight is 552 g/mol. The van der Waals surface area contributed by atoms with Gasteiger partial charge in [0.2, 0.25) is 0 Å². The zero-order valence-electron chi connectivity index (χ0n) is 22.6. The van der Waals surface area contributed by atoms with Crippen LogP contribution < -0.4 is 23.8 Å². The van der Waals surface area contributed by atoms with Crippen molar-refractivity contribution in [1.82, 2.24) is 0 Å². The third kappa shape index (κ3) is 5.00. The summed E-state index contributed by atoms with van der Waals surface area (Å²) in [5, 5.41) is 11.8. The highest BCUT2D eigenvalue weighted by Gasteiger charge is 2.47. The number of hydrogen-bond donors (Lipinski definition) is 1. The molecule has 0 aliphatic carbocycles. The van der Waals surface area contributed by atoms with Gasteiger partial charge >= 0.3 is 0 Å². The molecule has 1 heterocycles. The van der Waals surface area contributed by atoms with Crippen LogP contribution in [0.15, 0.2) is 60.2 Å². The fraction of sp³-hybridized carbons (Fsp3) is 0.267. The molecule has 1 amide bonds. The van der Waals surface area contributed by atoms with Crippen LogP contribution in [0.25, 0.3) is 5.76 Å². The first kappa shape index (κ1) is 27.9. The molecule has 1 fully saturated rings. The van der Waals surface area contributed by atoms with E-state index in [4.69, 9.17) is 30.5 Å². The lowest BCUT2D eigenvalue weighted by Gasteiger charge is -2.26. The topological polar surface area (TPSA) is 94.5 Å². The first-order valence-corrected chi connectivity index (χ1v) is 12.6. The Bertz CT molecular complexity index is 1450. The number of halogens is 1. The van der Waals surface area contributed by atoms with Crippen molar-refractivity contribution in [3.63, 3.8) is 0 Å². The van der Waals surface area contributed by atoms with Crippen molar-refractivity contribution in [2.24, 2.45) is 0 Å². The number of Topliss-reactive ketones (excluding diaryl/α,β-unsaturated/α-hetero) is 1. The average Bonchev–Trinajstić information content (AvgIpc) is 3.21. The van der Waals surface area contributed by atoms with E-state index in [2.05, 4.69) is 13.8 Å². The number of ether oxygens (including phenoxy) is 4. The van der Waals surface area contributed by atoms with Gasteiger partial charge in [-0.1, -0.05) is 43.6 Å². The summed E-state index contributed by atoms with van der Waals surface area (Å²) < 4.78 is 21.6. The number of carbonyl (C=O) groups excluding carboxylic acids is 2. The molecule has 9 heteroatoms. The van der Waals surface area contributed by atoms with E-state index in [0.29, 0.717) is 28.5 Å². The third-order valence-corrected chi connectivity index (χ3v) is 7.03. The number of benzene rings is 3. The van der Waals surface area contributed by atoms with Gasteiger partial charge in [0.25, 0.3) is 11.7 Å². The van der Waals surface area contributed by atoms with Crippen LogP contribution in [0.2, 0.25) is 5.02 Å². The molecule has 39 heavy (non-hydrogen) atoms. The number of nitrogens with zero attached hydrogens (tertiary/aromatic N) is 1. The predicted molar refractivity (Wildman–Crippen MR) is 149 cm³/mol. The van der Waals surface area contributed by atoms with Gasteiger partial charge < -0.3 is 24.1 Å². The van der Waals surface area contributed by atoms with Crippen molar-refractivity contribution in [3.8, 4) is 23.0 Å². The molecule has 3 aromatic carbocycles. The highest BCUT2D eigenvalue weighted by molar-refractivity contribution is 6.51. The highest BCUT2D eigenvalue weighted by atomic mass is 35.5. The van der Waals surface area contributed by atoms with Crippen molar-refractivity contribution in [3.05, 3.63) is 81.9 Å². The Balaban J connectivity index is 1.99. The van der Waals surface area contributed by atoms with Gasteiger partial charge in [0.15, 0.2) is 11.5 Å². The van der Waals surface area contributed by atoms with Crippen molar-refractivity contribution in [2.75, 3.05) is 33.3 Å². The second-order valence-electron chi connectivity index (χ2n) is 9.22. The number of methoxy groups -OCH3 is 4. The minimum atomic E-state index is -0.986. The highest BCUT2D eigenvalue weighted by Crippen LogP contribution is 2.46. The molecule has 1 aliphatic rings. The molecule has 1 unspecified atom stereocenters. The summed E-state index contributed by atoms with van der Waals surface area (Å²) in [5.74, 6) is -0.371. The number of aliphatic hydroxyl groups excluding tert-OH is 1. The Morgan fingerprint density at radius 2 is 1.44 bits per heavy atom. The number of amides is 1. The van der Waals surface area contributed by atoms with Gasteiger partial charge in [-0.25, -0.2) is 0 Å². The second kappa shape index (κ2) is 11.3. The van der Waals surface area contributed by atoms with Gasteiger partial charge in [0.05, 0.1) is 50.6 Å². The van der Waals surface area contributed by atoms with Crippen molar-refractivity contribution < 1.29 is 33.6 Å². The maximum Gasteiger partial charge on any atom is 0.300 e. The first-order valence-electron chi connectivity index (χ1n) is 12.2. The first-order chi connectivity index (χ1) is 18.7. The van der Waals surface area contributed by atoms with Gasteiger partial charge in [-0.2, -0.15) is 0 Å². The molecule has 0 bridgehead atoms. The fourth-order valence-corrected chi connectivity index (χ4v) is 4.89. The summed E-state index contributed by atoms with van der Waals surface area (Å²) in [7, 11) is 5.88. The summed E-state index contributed by atoms with van der Waals surface area (Å²) in [6.45, 7) is 4.14. The molecule has 1 N–H and O–H groups in total. The standard InChI is InChI=1S/C30H30ClNO7/c1-16(2)17-7-10-19(11-8-17)32-27(18-9-12-22(36-3)25(13-18)39-6)26(29(34)30(32)35)28(33)20-14-21(31)24(38-5)15-23(20)37-4/h7-16,27,33H,1-6H3/b28-26+. The number of ketones is 1. The zero-order valence-corrected chi connectivity index (χ0v) is 23.3. The SMILES string of the molecule is COc1cc(OC)c(/C(O)=C2\C(=O)C(=O)N(c3ccc(C(C)C)cc3)C2c2ccc(OC)c(OC)c2)cc1Cl. The van der Waals surface area contributed by atoms with Crippen molar-refractivity contribution in [2.45, 2.75) is 25.8 Å². The number of rotatable bonds is 8. The van der Waals surface area contributed by atoms with E-state index < -0.39 is 23.5 Å². The molecule has 4 rings (SSSR count). The Labute approximate surface area is 232 Å². The molecule has 1 atom stereocenters. The van der Waals surface area contributed by atoms with Crippen LogP contribution in [-0.2, 0) is 9.59 Å². The molecule has 3 aromatic rings. The molecule has 0 spiro atoms. The van der Waals surface area contributed by atoms with E-state index in [-0.39, 0.29) is 27.8 Å². The fourth-order valence-electron chi connectivity index (χ4n) is 4.65.